The molecule has 0 radical (unpaired) electrons. The van der Waals surface area contributed by atoms with Gasteiger partial charge in [-0.25, -0.2) is 0 Å². The first-order valence-electron chi connectivity index (χ1n) is 5.25. The van der Waals surface area contributed by atoms with Gasteiger partial charge in [-0.3, -0.25) is 4.79 Å². The minimum absolute atomic E-state index is 0.0522. The number of piperidine rings is 1. The van der Waals surface area contributed by atoms with Crippen LogP contribution in [-0.2, 0) is 0 Å². The summed E-state index contributed by atoms with van der Waals surface area (Å²) < 4.78 is 41.9. The Bertz CT molecular complexity index is 381. The average Bonchev–Trinajstić information content (AvgIpc) is 2.80. The quantitative estimate of drug-likeness (QED) is 0.764. The molecule has 1 aromatic heterocycles. The topological polar surface area (TPSA) is 46.3 Å². The number of aromatic nitrogens is 1. The van der Waals surface area contributed by atoms with Crippen molar-refractivity contribution >= 4 is 5.91 Å². The number of halogens is 3. The highest BCUT2D eigenvalue weighted by Gasteiger charge is 2.41. The summed E-state index contributed by atoms with van der Waals surface area (Å²) in [6, 6.07) is 1.40. The summed E-state index contributed by atoms with van der Waals surface area (Å²) in [4.78, 5) is 13.1. The molecule has 94 valence electrons. The van der Waals surface area contributed by atoms with Gasteiger partial charge in [-0.05, 0) is 12.8 Å². The first-order valence-corrected chi connectivity index (χ1v) is 5.25. The standard InChI is InChI=1S/C10H11F3N2O2/c11-10(12,13)7-2-5-15(6-3-7)9(16)8-1-4-14-17-8/h1,4,7H,2-3,5-6H2. The van der Waals surface area contributed by atoms with Crippen molar-refractivity contribution in [3.05, 3.63) is 18.0 Å². The maximum atomic E-state index is 12.4. The van der Waals surface area contributed by atoms with Crippen LogP contribution in [0, 0.1) is 5.92 Å². The molecule has 0 atom stereocenters. The van der Waals surface area contributed by atoms with E-state index in [-0.39, 0.29) is 31.7 Å². The first kappa shape index (κ1) is 11.9. The Morgan fingerprint density at radius 3 is 2.53 bits per heavy atom. The van der Waals surface area contributed by atoms with Gasteiger partial charge >= 0.3 is 6.18 Å². The maximum Gasteiger partial charge on any atom is 0.391 e. The second-order valence-electron chi connectivity index (χ2n) is 3.98. The Labute approximate surface area is 95.4 Å². The number of rotatable bonds is 1. The Morgan fingerprint density at radius 2 is 2.06 bits per heavy atom. The molecular formula is C10H11F3N2O2. The van der Waals surface area contributed by atoms with Crippen molar-refractivity contribution in [1.82, 2.24) is 10.1 Å². The van der Waals surface area contributed by atoms with Gasteiger partial charge in [0, 0.05) is 19.2 Å². The lowest BCUT2D eigenvalue weighted by atomic mass is 9.96. The van der Waals surface area contributed by atoms with E-state index in [4.69, 9.17) is 0 Å². The Hall–Kier alpha value is -1.53. The lowest BCUT2D eigenvalue weighted by Gasteiger charge is -2.32. The molecule has 1 aliphatic rings. The van der Waals surface area contributed by atoms with Crippen LogP contribution in [0.1, 0.15) is 23.4 Å². The van der Waals surface area contributed by atoms with Crippen molar-refractivity contribution in [1.29, 1.82) is 0 Å². The van der Waals surface area contributed by atoms with Gasteiger partial charge in [0.05, 0.1) is 12.1 Å². The molecule has 0 saturated carbocycles. The molecule has 4 nitrogen and oxygen atoms in total. The number of alkyl halides is 3. The van der Waals surface area contributed by atoms with E-state index in [1.54, 1.807) is 0 Å². The third kappa shape index (κ3) is 2.59. The molecule has 17 heavy (non-hydrogen) atoms. The van der Waals surface area contributed by atoms with Gasteiger partial charge in [0.25, 0.3) is 5.91 Å². The zero-order valence-electron chi connectivity index (χ0n) is 8.91. The average molecular weight is 248 g/mol. The second kappa shape index (κ2) is 4.38. The van der Waals surface area contributed by atoms with Crippen LogP contribution in [-0.4, -0.2) is 35.2 Å². The van der Waals surface area contributed by atoms with Gasteiger partial charge in [-0.2, -0.15) is 13.2 Å². The molecular weight excluding hydrogens is 237 g/mol. The van der Waals surface area contributed by atoms with Crippen LogP contribution in [0.2, 0.25) is 0 Å². The third-order valence-electron chi connectivity index (χ3n) is 2.89. The molecule has 1 amide bonds. The Kier molecular flexibility index (Phi) is 3.08. The van der Waals surface area contributed by atoms with E-state index < -0.39 is 18.0 Å². The van der Waals surface area contributed by atoms with E-state index in [0.29, 0.717) is 0 Å². The molecule has 0 spiro atoms. The van der Waals surface area contributed by atoms with Crippen LogP contribution >= 0.6 is 0 Å². The van der Waals surface area contributed by atoms with Crippen LogP contribution in [0.4, 0.5) is 13.2 Å². The fourth-order valence-electron chi connectivity index (χ4n) is 1.89. The number of likely N-dealkylation sites (tertiary alicyclic amines) is 1. The highest BCUT2D eigenvalue weighted by molar-refractivity contribution is 5.91. The fraction of sp³-hybridized carbons (Fsp3) is 0.600. The molecule has 0 aliphatic carbocycles. The molecule has 2 rings (SSSR count). The van der Waals surface area contributed by atoms with Gasteiger partial charge in [0.1, 0.15) is 0 Å². The number of carbonyl (C=O) groups is 1. The second-order valence-corrected chi connectivity index (χ2v) is 3.98. The highest BCUT2D eigenvalue weighted by Crippen LogP contribution is 2.34. The predicted octanol–water partition coefficient (Wildman–Crippen LogP) is 2.09. The van der Waals surface area contributed by atoms with Gasteiger partial charge in [-0.1, -0.05) is 5.16 Å². The minimum Gasteiger partial charge on any atom is -0.351 e. The van der Waals surface area contributed by atoms with E-state index in [0.717, 1.165) is 0 Å². The summed E-state index contributed by atoms with van der Waals surface area (Å²) in [5, 5.41) is 3.39. The van der Waals surface area contributed by atoms with Crippen LogP contribution in [0.15, 0.2) is 16.8 Å². The minimum atomic E-state index is -4.17. The number of carbonyl (C=O) groups excluding carboxylic acids is 1. The summed E-state index contributed by atoms with van der Waals surface area (Å²) in [6.45, 7) is 0.202. The van der Waals surface area contributed by atoms with Crippen molar-refractivity contribution in [3.8, 4) is 0 Å². The SMILES string of the molecule is O=C(c1ccno1)N1CCC(C(F)(F)F)CC1. The van der Waals surface area contributed by atoms with Crippen molar-refractivity contribution in [2.45, 2.75) is 19.0 Å². The summed E-state index contributed by atoms with van der Waals surface area (Å²) >= 11 is 0. The molecule has 0 unspecified atom stereocenters. The Morgan fingerprint density at radius 1 is 1.41 bits per heavy atom. The van der Waals surface area contributed by atoms with Crippen LogP contribution < -0.4 is 0 Å². The smallest absolute Gasteiger partial charge is 0.351 e. The highest BCUT2D eigenvalue weighted by atomic mass is 19.4. The number of amides is 1. The first-order chi connectivity index (χ1) is 7.98. The van der Waals surface area contributed by atoms with E-state index in [1.807, 2.05) is 0 Å². The number of hydrogen-bond donors (Lipinski definition) is 0. The predicted molar refractivity (Wildman–Crippen MR) is 51.2 cm³/mol. The monoisotopic (exact) mass is 248 g/mol. The van der Waals surface area contributed by atoms with Crippen molar-refractivity contribution in [2.24, 2.45) is 5.92 Å². The fourth-order valence-corrected chi connectivity index (χ4v) is 1.89. The Balaban J connectivity index is 1.94. The molecule has 7 heteroatoms. The summed E-state index contributed by atoms with van der Waals surface area (Å²) in [7, 11) is 0. The van der Waals surface area contributed by atoms with Crippen molar-refractivity contribution < 1.29 is 22.5 Å². The molecule has 1 aliphatic heterocycles. The zero-order chi connectivity index (χ0) is 12.5. The van der Waals surface area contributed by atoms with Crippen LogP contribution in [0.25, 0.3) is 0 Å². The zero-order valence-corrected chi connectivity index (χ0v) is 8.91. The van der Waals surface area contributed by atoms with E-state index >= 15 is 0 Å². The summed E-state index contributed by atoms with van der Waals surface area (Å²) in [6.07, 6.45) is -2.94. The largest absolute Gasteiger partial charge is 0.391 e. The number of hydrogen-bond acceptors (Lipinski definition) is 3. The van der Waals surface area contributed by atoms with Gasteiger partial charge in [0.15, 0.2) is 0 Å². The molecule has 0 aromatic carbocycles. The number of nitrogens with zero attached hydrogens (tertiary/aromatic N) is 2. The lowest BCUT2D eigenvalue weighted by Crippen LogP contribution is -2.42. The summed E-state index contributed by atoms with van der Waals surface area (Å²) in [5.74, 6) is -1.64. The maximum absolute atomic E-state index is 12.4. The lowest BCUT2D eigenvalue weighted by molar-refractivity contribution is -0.183. The molecule has 1 fully saturated rings. The van der Waals surface area contributed by atoms with Crippen molar-refractivity contribution in [2.75, 3.05) is 13.1 Å². The summed E-state index contributed by atoms with van der Waals surface area (Å²) in [5.41, 5.74) is 0. The molecule has 1 aromatic rings. The van der Waals surface area contributed by atoms with Gasteiger partial charge < -0.3 is 9.42 Å². The molecule has 0 N–H and O–H groups in total. The third-order valence-corrected chi connectivity index (χ3v) is 2.89. The van der Waals surface area contributed by atoms with E-state index in [1.165, 1.54) is 17.2 Å². The van der Waals surface area contributed by atoms with Crippen molar-refractivity contribution in [3.63, 3.8) is 0 Å². The normalized spacial score (nSPS) is 18.4. The van der Waals surface area contributed by atoms with E-state index in [2.05, 4.69) is 9.68 Å². The molecule has 1 saturated heterocycles. The van der Waals surface area contributed by atoms with Crippen LogP contribution in [0.5, 0.6) is 0 Å². The van der Waals surface area contributed by atoms with E-state index in [9.17, 15) is 18.0 Å². The van der Waals surface area contributed by atoms with Gasteiger partial charge in [0.2, 0.25) is 5.76 Å². The van der Waals surface area contributed by atoms with Gasteiger partial charge in [-0.15, -0.1) is 0 Å². The van der Waals surface area contributed by atoms with Crippen LogP contribution in [0.3, 0.4) is 0 Å². The molecule has 2 heterocycles. The molecule has 0 bridgehead atoms.